The molecular formula is C9H11IN2O2S. The van der Waals surface area contributed by atoms with Crippen LogP contribution in [-0.2, 0) is 4.79 Å². The Hall–Kier alpha value is -0.370. The van der Waals surface area contributed by atoms with Crippen LogP contribution < -0.4 is 0 Å². The van der Waals surface area contributed by atoms with Gasteiger partial charge < -0.3 is 5.11 Å². The third kappa shape index (κ3) is 3.94. The lowest BCUT2D eigenvalue weighted by atomic mass is 10.1. The first-order valence-corrected chi connectivity index (χ1v) is 6.33. The van der Waals surface area contributed by atoms with Crippen molar-refractivity contribution in [1.82, 2.24) is 9.97 Å². The van der Waals surface area contributed by atoms with Gasteiger partial charge in [0.2, 0.25) is 0 Å². The quantitative estimate of drug-likeness (QED) is 0.518. The van der Waals surface area contributed by atoms with Crippen LogP contribution in [0.15, 0.2) is 17.6 Å². The van der Waals surface area contributed by atoms with E-state index in [1.54, 1.807) is 12.4 Å². The van der Waals surface area contributed by atoms with Crippen LogP contribution in [0.2, 0.25) is 0 Å². The molecule has 1 aromatic rings. The number of thioether (sulfide) groups is 1. The van der Waals surface area contributed by atoms with Gasteiger partial charge in [0.25, 0.3) is 0 Å². The van der Waals surface area contributed by atoms with Gasteiger partial charge in [-0.15, -0.1) is 0 Å². The second-order valence-corrected chi connectivity index (χ2v) is 5.66. The zero-order valence-electron chi connectivity index (χ0n) is 8.35. The van der Waals surface area contributed by atoms with E-state index in [1.807, 2.05) is 13.8 Å². The summed E-state index contributed by atoms with van der Waals surface area (Å²) < 4.78 is 0.938. The van der Waals surface area contributed by atoms with Crippen LogP contribution in [0.3, 0.4) is 0 Å². The number of aliphatic carboxylic acids is 1. The van der Waals surface area contributed by atoms with E-state index < -0.39 is 11.2 Å². The third-order valence-corrected chi connectivity index (χ3v) is 3.66. The van der Waals surface area contributed by atoms with E-state index in [4.69, 9.17) is 5.11 Å². The minimum absolute atomic E-state index is 0.0513. The molecule has 0 spiro atoms. The monoisotopic (exact) mass is 338 g/mol. The van der Waals surface area contributed by atoms with Crippen LogP contribution in [-0.4, -0.2) is 26.3 Å². The van der Waals surface area contributed by atoms with Crippen molar-refractivity contribution in [3.63, 3.8) is 0 Å². The van der Waals surface area contributed by atoms with E-state index in [9.17, 15) is 4.79 Å². The van der Waals surface area contributed by atoms with Crippen molar-refractivity contribution < 1.29 is 9.90 Å². The van der Waals surface area contributed by atoms with E-state index in [1.165, 1.54) is 11.8 Å². The smallest absolute Gasteiger partial charge is 0.317 e. The van der Waals surface area contributed by atoms with E-state index in [-0.39, 0.29) is 5.92 Å². The van der Waals surface area contributed by atoms with Gasteiger partial charge in [-0.25, -0.2) is 9.97 Å². The highest BCUT2D eigenvalue weighted by Crippen LogP contribution is 2.25. The Kier molecular flexibility index (Phi) is 4.78. The maximum Gasteiger partial charge on any atom is 0.317 e. The second-order valence-electron chi connectivity index (χ2n) is 3.30. The Labute approximate surface area is 106 Å². The molecule has 1 aromatic heterocycles. The first-order chi connectivity index (χ1) is 7.00. The number of halogens is 1. The summed E-state index contributed by atoms with van der Waals surface area (Å²) in [6.45, 7) is 3.75. The number of hydrogen-bond acceptors (Lipinski definition) is 4. The van der Waals surface area contributed by atoms with Gasteiger partial charge in [-0.05, 0) is 28.5 Å². The van der Waals surface area contributed by atoms with Gasteiger partial charge in [-0.2, -0.15) is 0 Å². The number of carbonyl (C=O) groups is 1. The highest BCUT2D eigenvalue weighted by Gasteiger charge is 2.23. The minimum Gasteiger partial charge on any atom is -0.480 e. The molecule has 82 valence electrons. The summed E-state index contributed by atoms with van der Waals surface area (Å²) in [5, 5.41) is 9.00. The molecule has 0 fully saturated rings. The van der Waals surface area contributed by atoms with Crippen LogP contribution >= 0.6 is 34.4 Å². The van der Waals surface area contributed by atoms with Crippen molar-refractivity contribution in [3.8, 4) is 0 Å². The molecule has 1 atom stereocenters. The van der Waals surface area contributed by atoms with Crippen LogP contribution in [0, 0.1) is 9.49 Å². The fraction of sp³-hybridized carbons (Fsp3) is 0.444. The lowest BCUT2D eigenvalue weighted by Crippen LogP contribution is -2.22. The molecule has 0 amide bonds. The topological polar surface area (TPSA) is 63.1 Å². The van der Waals surface area contributed by atoms with Gasteiger partial charge in [0, 0.05) is 16.0 Å². The van der Waals surface area contributed by atoms with Crippen molar-refractivity contribution >= 4 is 40.3 Å². The normalized spacial score (nSPS) is 12.8. The largest absolute Gasteiger partial charge is 0.480 e. The molecule has 0 radical (unpaired) electrons. The number of rotatable bonds is 4. The Morgan fingerprint density at radius 2 is 2.00 bits per heavy atom. The number of carboxylic acid groups (broad SMARTS) is 1. The lowest BCUT2D eigenvalue weighted by molar-refractivity contribution is -0.137. The average Bonchev–Trinajstić information content (AvgIpc) is 2.15. The van der Waals surface area contributed by atoms with Gasteiger partial charge in [-0.3, -0.25) is 4.79 Å². The summed E-state index contributed by atoms with van der Waals surface area (Å²) in [7, 11) is 0. The summed E-state index contributed by atoms with van der Waals surface area (Å²) in [6.07, 6.45) is 3.35. The number of carboxylic acids is 1. The molecule has 0 aliphatic carbocycles. The fourth-order valence-electron chi connectivity index (χ4n) is 0.947. The van der Waals surface area contributed by atoms with Crippen LogP contribution in [0.1, 0.15) is 13.8 Å². The Morgan fingerprint density at radius 1 is 1.47 bits per heavy atom. The number of hydrogen-bond donors (Lipinski definition) is 1. The average molecular weight is 338 g/mol. The van der Waals surface area contributed by atoms with Crippen molar-refractivity contribution in [2.75, 3.05) is 0 Å². The second kappa shape index (κ2) is 5.64. The molecule has 0 aromatic carbocycles. The number of aromatic nitrogens is 2. The van der Waals surface area contributed by atoms with E-state index in [0.29, 0.717) is 5.16 Å². The van der Waals surface area contributed by atoms with Crippen molar-refractivity contribution in [3.05, 3.63) is 16.0 Å². The van der Waals surface area contributed by atoms with Crippen molar-refractivity contribution in [1.29, 1.82) is 0 Å². The summed E-state index contributed by atoms with van der Waals surface area (Å²) >= 11 is 3.29. The highest BCUT2D eigenvalue weighted by atomic mass is 127. The molecule has 4 nitrogen and oxygen atoms in total. The fourth-order valence-corrected chi connectivity index (χ4v) is 2.05. The molecule has 1 rings (SSSR count). The zero-order valence-corrected chi connectivity index (χ0v) is 11.3. The molecule has 0 aliphatic rings. The van der Waals surface area contributed by atoms with E-state index in [0.717, 1.165) is 3.57 Å². The minimum atomic E-state index is -0.822. The van der Waals surface area contributed by atoms with Gasteiger partial charge in [-0.1, -0.05) is 25.6 Å². The molecule has 0 saturated carbocycles. The van der Waals surface area contributed by atoms with Crippen LogP contribution in [0.4, 0.5) is 0 Å². The Balaban J connectivity index is 2.74. The van der Waals surface area contributed by atoms with Gasteiger partial charge in [0.1, 0.15) is 5.25 Å². The summed E-state index contributed by atoms with van der Waals surface area (Å²) in [4.78, 5) is 19.1. The van der Waals surface area contributed by atoms with Crippen LogP contribution in [0.25, 0.3) is 0 Å². The van der Waals surface area contributed by atoms with Crippen molar-refractivity contribution in [2.24, 2.45) is 5.92 Å². The maximum absolute atomic E-state index is 10.9. The molecule has 0 aliphatic heterocycles. The lowest BCUT2D eigenvalue weighted by Gasteiger charge is -2.13. The zero-order chi connectivity index (χ0) is 11.4. The molecule has 1 unspecified atom stereocenters. The standard InChI is InChI=1S/C9H11IN2O2S/c1-5(2)7(8(13)14)15-9-11-3-6(10)4-12-9/h3-5,7H,1-2H3,(H,13,14). The Bertz CT molecular complexity index is 342. The maximum atomic E-state index is 10.9. The molecule has 0 saturated heterocycles. The van der Waals surface area contributed by atoms with Crippen molar-refractivity contribution in [2.45, 2.75) is 24.3 Å². The van der Waals surface area contributed by atoms with Crippen LogP contribution in [0.5, 0.6) is 0 Å². The summed E-state index contributed by atoms with van der Waals surface area (Å²) in [5.41, 5.74) is 0. The molecule has 6 heteroatoms. The number of nitrogens with zero attached hydrogens (tertiary/aromatic N) is 2. The molecule has 1 heterocycles. The molecule has 1 N–H and O–H groups in total. The third-order valence-electron chi connectivity index (χ3n) is 1.68. The molecular weight excluding hydrogens is 327 g/mol. The highest BCUT2D eigenvalue weighted by molar-refractivity contribution is 14.1. The summed E-state index contributed by atoms with van der Waals surface area (Å²) in [5.74, 6) is -0.771. The summed E-state index contributed by atoms with van der Waals surface area (Å²) in [6, 6.07) is 0. The van der Waals surface area contributed by atoms with E-state index in [2.05, 4.69) is 32.6 Å². The first kappa shape index (κ1) is 12.7. The van der Waals surface area contributed by atoms with Gasteiger partial charge in [0.05, 0.1) is 0 Å². The molecule has 0 bridgehead atoms. The predicted octanol–water partition coefficient (Wildman–Crippen LogP) is 2.28. The Morgan fingerprint density at radius 3 is 2.40 bits per heavy atom. The SMILES string of the molecule is CC(C)C(Sc1ncc(I)cn1)C(=O)O. The van der Waals surface area contributed by atoms with Gasteiger partial charge in [0.15, 0.2) is 5.16 Å². The molecule has 15 heavy (non-hydrogen) atoms. The van der Waals surface area contributed by atoms with Gasteiger partial charge >= 0.3 is 5.97 Å². The predicted molar refractivity (Wildman–Crippen MR) is 66.9 cm³/mol. The first-order valence-electron chi connectivity index (χ1n) is 4.37. The van der Waals surface area contributed by atoms with E-state index >= 15 is 0 Å².